The summed E-state index contributed by atoms with van der Waals surface area (Å²) in [4.78, 5) is 12.9. The molecule has 4 aromatic rings. The van der Waals surface area contributed by atoms with E-state index >= 15 is 0 Å². The van der Waals surface area contributed by atoms with Gasteiger partial charge < -0.3 is 4.74 Å². The molecule has 0 spiro atoms. The lowest BCUT2D eigenvalue weighted by molar-refractivity contribution is -0.617. The number of fused-ring (bicyclic) bond motifs is 2. The molecule has 0 radical (unpaired) electrons. The predicted octanol–water partition coefficient (Wildman–Crippen LogP) is 4.31. The van der Waals surface area contributed by atoms with Crippen LogP contribution >= 0.6 is 0 Å². The maximum absolute atomic E-state index is 13.9. The van der Waals surface area contributed by atoms with Gasteiger partial charge in [0, 0.05) is 12.1 Å². The SMILES string of the molecule is C[n+]1c2ccccc2c(C(=O)Oc2cccc(F)c2F)c2ccccc21. The number of ether oxygens (including phenoxy) is 1. The lowest BCUT2D eigenvalue weighted by Crippen LogP contribution is -2.31. The van der Waals surface area contributed by atoms with E-state index in [0.717, 1.165) is 17.1 Å². The summed E-state index contributed by atoms with van der Waals surface area (Å²) in [5.74, 6) is -3.42. The number of hydrogen-bond acceptors (Lipinski definition) is 2. The largest absolute Gasteiger partial charge is 0.420 e. The van der Waals surface area contributed by atoms with Crippen LogP contribution in [0, 0.1) is 11.6 Å². The van der Waals surface area contributed by atoms with Crippen molar-refractivity contribution in [2.45, 2.75) is 0 Å². The van der Waals surface area contributed by atoms with Gasteiger partial charge in [-0.3, -0.25) is 0 Å². The van der Waals surface area contributed by atoms with Crippen LogP contribution < -0.4 is 9.30 Å². The lowest BCUT2D eigenvalue weighted by Gasteiger charge is -2.10. The number of para-hydroxylation sites is 2. The molecule has 5 heteroatoms. The third-order valence-electron chi connectivity index (χ3n) is 4.39. The first-order valence-corrected chi connectivity index (χ1v) is 8.03. The highest BCUT2D eigenvalue weighted by Crippen LogP contribution is 2.27. The van der Waals surface area contributed by atoms with E-state index in [4.69, 9.17) is 4.74 Å². The fourth-order valence-electron chi connectivity index (χ4n) is 3.16. The number of rotatable bonds is 2. The predicted molar refractivity (Wildman–Crippen MR) is 93.9 cm³/mol. The number of aryl methyl sites for hydroxylation is 1. The van der Waals surface area contributed by atoms with E-state index in [1.54, 1.807) is 12.1 Å². The Morgan fingerprint density at radius 1 is 0.846 bits per heavy atom. The summed E-state index contributed by atoms with van der Waals surface area (Å²) >= 11 is 0. The first-order chi connectivity index (χ1) is 12.6. The summed E-state index contributed by atoms with van der Waals surface area (Å²) in [7, 11) is 1.91. The van der Waals surface area contributed by atoms with Gasteiger partial charge in [0.2, 0.25) is 16.9 Å². The van der Waals surface area contributed by atoms with Crippen LogP contribution in [-0.2, 0) is 7.05 Å². The van der Waals surface area contributed by atoms with Crippen molar-refractivity contribution in [1.82, 2.24) is 0 Å². The minimum atomic E-state index is -1.18. The highest BCUT2D eigenvalue weighted by atomic mass is 19.2. The van der Waals surface area contributed by atoms with Crippen molar-refractivity contribution in [3.05, 3.63) is 83.9 Å². The number of pyridine rings is 1. The summed E-state index contributed by atoms with van der Waals surface area (Å²) < 4.78 is 34.5. The van der Waals surface area contributed by atoms with Crippen molar-refractivity contribution in [3.63, 3.8) is 0 Å². The van der Waals surface area contributed by atoms with Crippen molar-refractivity contribution in [2.24, 2.45) is 7.05 Å². The summed E-state index contributed by atoms with van der Waals surface area (Å²) in [5, 5.41) is 1.35. The minimum absolute atomic E-state index is 0.318. The fraction of sp³-hybridized carbons (Fsp3) is 0.0476. The van der Waals surface area contributed by atoms with E-state index in [1.165, 1.54) is 12.1 Å². The summed E-state index contributed by atoms with van der Waals surface area (Å²) in [6.45, 7) is 0. The van der Waals surface area contributed by atoms with E-state index in [1.807, 2.05) is 48.0 Å². The molecular formula is C21H14F2NO2+. The van der Waals surface area contributed by atoms with Gasteiger partial charge in [-0.05, 0) is 24.3 Å². The van der Waals surface area contributed by atoms with E-state index < -0.39 is 23.4 Å². The van der Waals surface area contributed by atoms with Gasteiger partial charge in [-0.15, -0.1) is 0 Å². The van der Waals surface area contributed by atoms with Crippen LogP contribution in [0.4, 0.5) is 8.78 Å². The van der Waals surface area contributed by atoms with Crippen molar-refractivity contribution in [1.29, 1.82) is 0 Å². The topological polar surface area (TPSA) is 30.2 Å². The summed E-state index contributed by atoms with van der Waals surface area (Å²) in [6, 6.07) is 18.3. The molecule has 0 saturated carbocycles. The molecule has 1 heterocycles. The van der Waals surface area contributed by atoms with E-state index in [0.29, 0.717) is 16.3 Å². The Labute approximate surface area is 148 Å². The third-order valence-corrected chi connectivity index (χ3v) is 4.39. The standard InChI is InChI=1S/C21H14F2NO2/c1-24-16-10-4-2-7-13(16)19(14-8-3-5-11-17(14)24)21(25)26-18-12-6-9-15(22)20(18)23/h2-12H,1H3/q+1. The van der Waals surface area contributed by atoms with Crippen LogP contribution in [0.25, 0.3) is 21.8 Å². The number of carbonyl (C=O) groups excluding carboxylic acids is 1. The van der Waals surface area contributed by atoms with Crippen LogP contribution in [-0.4, -0.2) is 5.97 Å². The molecule has 0 amide bonds. The maximum Gasteiger partial charge on any atom is 0.345 e. The van der Waals surface area contributed by atoms with Crippen molar-refractivity contribution in [2.75, 3.05) is 0 Å². The molecule has 0 bridgehead atoms. The van der Waals surface area contributed by atoms with Crippen molar-refractivity contribution >= 4 is 27.8 Å². The van der Waals surface area contributed by atoms with Crippen LogP contribution in [0.5, 0.6) is 5.75 Å². The Balaban J connectivity index is 1.96. The number of benzene rings is 3. The Kier molecular flexibility index (Phi) is 3.84. The quantitative estimate of drug-likeness (QED) is 0.233. The maximum atomic E-state index is 13.9. The van der Waals surface area contributed by atoms with Gasteiger partial charge in [0.05, 0.1) is 16.3 Å². The first kappa shape index (κ1) is 16.1. The first-order valence-electron chi connectivity index (χ1n) is 8.03. The van der Waals surface area contributed by atoms with Crippen LogP contribution in [0.1, 0.15) is 10.4 Å². The van der Waals surface area contributed by atoms with Gasteiger partial charge in [-0.2, -0.15) is 8.96 Å². The molecule has 0 atom stereocenters. The van der Waals surface area contributed by atoms with Crippen LogP contribution in [0.15, 0.2) is 66.7 Å². The Bertz CT molecular complexity index is 1110. The molecule has 0 aliphatic rings. The van der Waals surface area contributed by atoms with Gasteiger partial charge in [-0.25, -0.2) is 9.18 Å². The van der Waals surface area contributed by atoms with Crippen LogP contribution in [0.3, 0.4) is 0 Å². The van der Waals surface area contributed by atoms with Gasteiger partial charge in [0.1, 0.15) is 7.05 Å². The number of hydrogen-bond donors (Lipinski definition) is 0. The second-order valence-electron chi connectivity index (χ2n) is 5.91. The highest BCUT2D eigenvalue weighted by Gasteiger charge is 2.24. The molecule has 0 unspecified atom stereocenters. The molecule has 0 saturated heterocycles. The highest BCUT2D eigenvalue weighted by molar-refractivity contribution is 6.13. The Hall–Kier alpha value is -3.34. The summed E-state index contributed by atoms with van der Waals surface area (Å²) in [6.07, 6.45) is 0. The molecule has 4 rings (SSSR count). The van der Waals surface area contributed by atoms with Gasteiger partial charge >= 0.3 is 5.97 Å². The van der Waals surface area contributed by atoms with E-state index in [2.05, 4.69) is 0 Å². The van der Waals surface area contributed by atoms with E-state index in [9.17, 15) is 13.6 Å². The number of aromatic nitrogens is 1. The number of halogens is 2. The van der Waals surface area contributed by atoms with Crippen molar-refractivity contribution in [3.8, 4) is 5.75 Å². The zero-order chi connectivity index (χ0) is 18.3. The molecule has 0 fully saturated rings. The lowest BCUT2D eigenvalue weighted by atomic mass is 10.0. The third kappa shape index (κ3) is 2.49. The number of nitrogens with zero attached hydrogens (tertiary/aromatic N) is 1. The monoisotopic (exact) mass is 350 g/mol. The number of esters is 1. The smallest absolute Gasteiger partial charge is 0.345 e. The minimum Gasteiger partial charge on any atom is -0.420 e. The molecule has 0 N–H and O–H groups in total. The van der Waals surface area contributed by atoms with Gasteiger partial charge in [0.25, 0.3) is 0 Å². The normalized spacial score (nSPS) is 11.0. The molecule has 3 aromatic carbocycles. The van der Waals surface area contributed by atoms with Gasteiger partial charge in [0.15, 0.2) is 11.6 Å². The van der Waals surface area contributed by atoms with Gasteiger partial charge in [-0.1, -0.05) is 30.3 Å². The zero-order valence-corrected chi connectivity index (χ0v) is 13.9. The molecule has 26 heavy (non-hydrogen) atoms. The molecule has 0 aliphatic carbocycles. The second kappa shape index (κ2) is 6.19. The molecule has 3 nitrogen and oxygen atoms in total. The Morgan fingerprint density at radius 2 is 1.42 bits per heavy atom. The number of carbonyl (C=O) groups is 1. The van der Waals surface area contributed by atoms with E-state index in [-0.39, 0.29) is 0 Å². The zero-order valence-electron chi connectivity index (χ0n) is 13.9. The summed E-state index contributed by atoms with van der Waals surface area (Å²) in [5.41, 5.74) is 1.98. The second-order valence-corrected chi connectivity index (χ2v) is 5.91. The van der Waals surface area contributed by atoms with Crippen LogP contribution in [0.2, 0.25) is 0 Å². The molecule has 1 aromatic heterocycles. The van der Waals surface area contributed by atoms with Crippen molar-refractivity contribution < 1.29 is 22.9 Å². The molecule has 128 valence electrons. The average Bonchev–Trinajstić information content (AvgIpc) is 2.66. The fourth-order valence-corrected chi connectivity index (χ4v) is 3.16. The molecular weight excluding hydrogens is 336 g/mol. The molecule has 0 aliphatic heterocycles. The average molecular weight is 350 g/mol. The Morgan fingerprint density at radius 3 is 2.04 bits per heavy atom.